The zero-order valence-electron chi connectivity index (χ0n) is 19.3. The van der Waals surface area contributed by atoms with Gasteiger partial charge in [0.15, 0.2) is 0 Å². The quantitative estimate of drug-likeness (QED) is 0.395. The SMILES string of the molecule is Cc1nc(/C(N)=C(\Cc2nnc(Cc3ccccc3)o2)N(C)N)ccc1OC1CCCCC1. The number of aryl methyl sites for hydroxylation is 1. The van der Waals surface area contributed by atoms with Crippen LogP contribution in [0.5, 0.6) is 5.75 Å². The minimum Gasteiger partial charge on any atom is -0.489 e. The number of pyridine rings is 1. The van der Waals surface area contributed by atoms with Gasteiger partial charge in [0, 0.05) is 7.05 Å². The monoisotopic (exact) mass is 448 g/mol. The molecule has 8 heteroatoms. The summed E-state index contributed by atoms with van der Waals surface area (Å²) in [4.78, 5) is 4.69. The second-order valence-corrected chi connectivity index (χ2v) is 8.56. The lowest BCUT2D eigenvalue weighted by molar-refractivity contribution is 0.153. The van der Waals surface area contributed by atoms with Gasteiger partial charge in [-0.1, -0.05) is 36.8 Å². The third kappa shape index (κ3) is 5.90. The molecule has 2 heterocycles. The van der Waals surface area contributed by atoms with Crippen molar-refractivity contribution in [3.05, 3.63) is 76.9 Å². The van der Waals surface area contributed by atoms with Crippen LogP contribution in [0, 0.1) is 6.92 Å². The first-order chi connectivity index (χ1) is 16.0. The van der Waals surface area contributed by atoms with Gasteiger partial charge >= 0.3 is 0 Å². The van der Waals surface area contributed by atoms with Gasteiger partial charge in [-0.05, 0) is 50.3 Å². The van der Waals surface area contributed by atoms with Crippen molar-refractivity contribution in [2.24, 2.45) is 11.6 Å². The van der Waals surface area contributed by atoms with Gasteiger partial charge in [0.2, 0.25) is 11.8 Å². The lowest BCUT2D eigenvalue weighted by atomic mass is 9.98. The van der Waals surface area contributed by atoms with Crippen molar-refractivity contribution in [2.75, 3.05) is 7.05 Å². The summed E-state index contributed by atoms with van der Waals surface area (Å²) >= 11 is 0. The zero-order valence-corrected chi connectivity index (χ0v) is 19.3. The smallest absolute Gasteiger partial charge is 0.222 e. The number of aromatic nitrogens is 3. The van der Waals surface area contributed by atoms with E-state index < -0.39 is 0 Å². The molecule has 1 fully saturated rings. The molecule has 1 aliphatic rings. The van der Waals surface area contributed by atoms with Crippen molar-refractivity contribution in [3.63, 3.8) is 0 Å². The molecular weight excluding hydrogens is 416 g/mol. The Balaban J connectivity index is 1.50. The minimum absolute atomic E-state index is 0.270. The molecule has 4 N–H and O–H groups in total. The number of nitrogens with zero attached hydrogens (tertiary/aromatic N) is 4. The van der Waals surface area contributed by atoms with Gasteiger partial charge in [-0.15, -0.1) is 10.2 Å². The van der Waals surface area contributed by atoms with Gasteiger partial charge in [-0.3, -0.25) is 0 Å². The van der Waals surface area contributed by atoms with Crippen LogP contribution >= 0.6 is 0 Å². The normalized spacial score (nSPS) is 15.2. The van der Waals surface area contributed by atoms with E-state index in [9.17, 15) is 0 Å². The van der Waals surface area contributed by atoms with Gasteiger partial charge in [0.1, 0.15) is 5.75 Å². The summed E-state index contributed by atoms with van der Waals surface area (Å²) in [6, 6.07) is 13.8. The number of hydrogen-bond donors (Lipinski definition) is 2. The van der Waals surface area contributed by atoms with Crippen molar-refractivity contribution in [3.8, 4) is 5.75 Å². The first-order valence-corrected chi connectivity index (χ1v) is 11.5. The fraction of sp³-hybridized carbons (Fsp3) is 0.400. The third-order valence-corrected chi connectivity index (χ3v) is 5.92. The Labute approximate surface area is 194 Å². The van der Waals surface area contributed by atoms with Gasteiger partial charge < -0.3 is 19.9 Å². The second kappa shape index (κ2) is 10.5. The van der Waals surface area contributed by atoms with Crippen LogP contribution in [-0.4, -0.2) is 33.3 Å². The number of allylic oxidation sites excluding steroid dienone is 1. The summed E-state index contributed by atoms with van der Waals surface area (Å²) in [5, 5.41) is 9.82. The van der Waals surface area contributed by atoms with Crippen molar-refractivity contribution in [1.29, 1.82) is 0 Å². The molecule has 2 aromatic heterocycles. The number of likely N-dealkylation sites (N-methyl/N-ethyl adjacent to an activating group) is 1. The molecule has 0 saturated heterocycles. The summed E-state index contributed by atoms with van der Waals surface area (Å²) in [5.41, 5.74) is 10.2. The molecule has 0 amide bonds. The number of benzene rings is 1. The Morgan fingerprint density at radius 3 is 2.48 bits per heavy atom. The first kappa shape index (κ1) is 22.8. The van der Waals surface area contributed by atoms with E-state index in [1.54, 1.807) is 7.05 Å². The number of hydrogen-bond acceptors (Lipinski definition) is 8. The standard InChI is InChI=1S/C25H32N6O2/c1-17-22(32-19-11-7-4-8-12-19)14-13-20(28-17)25(26)21(31(2)27)16-24-30-29-23(33-24)15-18-9-5-3-6-10-18/h3,5-6,9-10,13-14,19H,4,7-8,11-12,15-16,26-27H2,1-2H3/b25-21-. The average molecular weight is 449 g/mol. The molecule has 0 radical (unpaired) electrons. The maximum absolute atomic E-state index is 6.49. The number of nitrogens with two attached hydrogens (primary N) is 2. The van der Waals surface area contributed by atoms with E-state index in [1.807, 2.05) is 49.4 Å². The van der Waals surface area contributed by atoms with E-state index >= 15 is 0 Å². The fourth-order valence-electron chi connectivity index (χ4n) is 4.09. The van der Waals surface area contributed by atoms with Crippen molar-refractivity contribution in [1.82, 2.24) is 20.2 Å². The molecule has 0 atom stereocenters. The van der Waals surface area contributed by atoms with E-state index in [-0.39, 0.29) is 6.10 Å². The summed E-state index contributed by atoms with van der Waals surface area (Å²) < 4.78 is 12.0. The molecule has 174 valence electrons. The Bertz CT molecular complexity index is 1090. The largest absolute Gasteiger partial charge is 0.489 e. The Morgan fingerprint density at radius 2 is 1.79 bits per heavy atom. The fourth-order valence-corrected chi connectivity index (χ4v) is 4.09. The number of rotatable bonds is 8. The van der Waals surface area contributed by atoms with Crippen LogP contribution in [0.3, 0.4) is 0 Å². The third-order valence-electron chi connectivity index (χ3n) is 5.92. The van der Waals surface area contributed by atoms with E-state index in [1.165, 1.54) is 24.3 Å². The van der Waals surface area contributed by atoms with Gasteiger partial charge in [-0.25, -0.2) is 10.8 Å². The molecule has 4 rings (SSSR count). The van der Waals surface area contributed by atoms with Crippen LogP contribution in [0.2, 0.25) is 0 Å². The van der Waals surface area contributed by atoms with Crippen molar-refractivity contribution in [2.45, 2.75) is 58.0 Å². The van der Waals surface area contributed by atoms with E-state index in [2.05, 4.69) is 15.2 Å². The lowest BCUT2D eigenvalue weighted by Gasteiger charge is -2.24. The van der Waals surface area contributed by atoms with Crippen LogP contribution < -0.4 is 16.3 Å². The molecule has 0 aliphatic heterocycles. The molecule has 0 unspecified atom stereocenters. The Hall–Kier alpha value is -3.39. The van der Waals surface area contributed by atoms with Crippen LogP contribution in [0.4, 0.5) is 0 Å². The predicted molar refractivity (Wildman–Crippen MR) is 127 cm³/mol. The minimum atomic E-state index is 0.270. The summed E-state index contributed by atoms with van der Waals surface area (Å²) in [6.07, 6.45) is 7.08. The highest BCUT2D eigenvalue weighted by Gasteiger charge is 2.19. The van der Waals surface area contributed by atoms with E-state index in [0.717, 1.165) is 29.8 Å². The highest BCUT2D eigenvalue weighted by molar-refractivity contribution is 5.63. The molecule has 1 aliphatic carbocycles. The highest BCUT2D eigenvalue weighted by atomic mass is 16.5. The Morgan fingerprint density at radius 1 is 1.06 bits per heavy atom. The molecule has 1 aromatic carbocycles. The molecule has 1 saturated carbocycles. The zero-order chi connectivity index (χ0) is 23.2. The molecule has 8 nitrogen and oxygen atoms in total. The summed E-state index contributed by atoms with van der Waals surface area (Å²) in [5.74, 6) is 7.90. The molecule has 33 heavy (non-hydrogen) atoms. The van der Waals surface area contributed by atoms with Crippen molar-refractivity contribution >= 4 is 5.70 Å². The summed E-state index contributed by atoms with van der Waals surface area (Å²) in [6.45, 7) is 1.94. The molecule has 0 bridgehead atoms. The molecule has 0 spiro atoms. The second-order valence-electron chi connectivity index (χ2n) is 8.56. The first-order valence-electron chi connectivity index (χ1n) is 11.5. The predicted octanol–water partition coefficient (Wildman–Crippen LogP) is 3.75. The maximum Gasteiger partial charge on any atom is 0.222 e. The van der Waals surface area contributed by atoms with Crippen LogP contribution in [0.25, 0.3) is 5.70 Å². The highest BCUT2D eigenvalue weighted by Crippen LogP contribution is 2.26. The lowest BCUT2D eigenvalue weighted by Crippen LogP contribution is -2.29. The summed E-state index contributed by atoms with van der Waals surface area (Å²) in [7, 11) is 1.73. The van der Waals surface area contributed by atoms with Crippen LogP contribution in [0.1, 0.15) is 60.8 Å². The van der Waals surface area contributed by atoms with Gasteiger partial charge in [0.25, 0.3) is 0 Å². The topological polar surface area (TPSA) is 116 Å². The van der Waals surface area contributed by atoms with Crippen LogP contribution in [-0.2, 0) is 12.8 Å². The maximum atomic E-state index is 6.49. The van der Waals surface area contributed by atoms with E-state index in [4.69, 9.17) is 20.7 Å². The molecular formula is C25H32N6O2. The van der Waals surface area contributed by atoms with E-state index in [0.29, 0.717) is 41.7 Å². The number of hydrazine groups is 1. The molecule has 3 aromatic rings. The van der Waals surface area contributed by atoms with Gasteiger partial charge in [0.05, 0.1) is 41.7 Å². The Kier molecular flexibility index (Phi) is 7.24. The van der Waals surface area contributed by atoms with Gasteiger partial charge in [-0.2, -0.15) is 0 Å². The van der Waals surface area contributed by atoms with Crippen molar-refractivity contribution < 1.29 is 9.15 Å². The average Bonchev–Trinajstić information content (AvgIpc) is 3.26. The van der Waals surface area contributed by atoms with Crippen LogP contribution in [0.15, 0.2) is 52.6 Å². The number of ether oxygens (including phenoxy) is 1.